The van der Waals surface area contributed by atoms with Gasteiger partial charge < -0.3 is 35.7 Å². The van der Waals surface area contributed by atoms with Gasteiger partial charge in [-0.3, -0.25) is 9.59 Å². The molecule has 0 heterocycles. The molecule has 2 aromatic carbocycles. The van der Waals surface area contributed by atoms with Gasteiger partial charge in [0.2, 0.25) is 0 Å². The monoisotopic (exact) mass is 414 g/mol. The van der Waals surface area contributed by atoms with Crippen LogP contribution in [0.15, 0.2) is 35.4 Å². The number of carbonyl (C=O) groups is 2. The number of Topliss-reactive ketones (excluding diaryl/α,β-unsaturated/α-hetero) is 1. The first-order valence-corrected chi connectivity index (χ1v) is 8.75. The molecular weight excluding hydrogens is 396 g/mol. The zero-order valence-corrected chi connectivity index (χ0v) is 15.4. The summed E-state index contributed by atoms with van der Waals surface area (Å²) in [7, 11) is 0. The number of hydrogen-bond acceptors (Lipinski definition) is 8. The maximum Gasteiger partial charge on any atom is 0.307 e. The van der Waals surface area contributed by atoms with E-state index in [1.54, 1.807) is 0 Å². The normalized spacial score (nSPS) is 19.3. The second-order valence-corrected chi connectivity index (χ2v) is 6.93. The maximum absolute atomic E-state index is 12.9. The minimum absolute atomic E-state index is 0.0941. The molecule has 0 saturated heterocycles. The fraction of sp³-hybridized carbons (Fsp3) is 0.143. The number of carboxylic acid groups (broad SMARTS) is 1. The Morgan fingerprint density at radius 3 is 1.37 bits per heavy atom. The maximum atomic E-state index is 12.9. The third kappa shape index (κ3) is 4.00. The first-order valence-electron chi connectivity index (χ1n) is 8.75. The number of phenols is 6. The van der Waals surface area contributed by atoms with Gasteiger partial charge >= 0.3 is 5.97 Å². The summed E-state index contributed by atoms with van der Waals surface area (Å²) in [5.41, 5.74) is 0.543. The number of ketones is 1. The van der Waals surface area contributed by atoms with Gasteiger partial charge in [0.25, 0.3) is 0 Å². The smallest absolute Gasteiger partial charge is 0.307 e. The zero-order chi connectivity index (χ0) is 22.2. The molecule has 9 heteroatoms. The van der Waals surface area contributed by atoms with Crippen molar-refractivity contribution in [3.05, 3.63) is 46.5 Å². The van der Waals surface area contributed by atoms with Crippen LogP contribution in [0.25, 0.3) is 12.2 Å². The van der Waals surface area contributed by atoms with Crippen molar-refractivity contribution in [1.82, 2.24) is 0 Å². The molecule has 7 N–H and O–H groups in total. The van der Waals surface area contributed by atoms with Gasteiger partial charge in [-0.25, -0.2) is 0 Å². The van der Waals surface area contributed by atoms with Gasteiger partial charge in [0.05, 0.1) is 5.92 Å². The van der Waals surface area contributed by atoms with E-state index in [9.17, 15) is 45.3 Å². The highest BCUT2D eigenvalue weighted by molar-refractivity contribution is 6.14. The first-order chi connectivity index (χ1) is 14.1. The molecule has 0 aromatic heterocycles. The number of allylic oxidation sites excluding steroid dienone is 2. The Morgan fingerprint density at radius 2 is 1.07 bits per heavy atom. The van der Waals surface area contributed by atoms with Crippen molar-refractivity contribution in [1.29, 1.82) is 0 Å². The molecule has 1 aliphatic rings. The number of aromatic hydroxyl groups is 6. The summed E-state index contributed by atoms with van der Waals surface area (Å²) in [6.07, 6.45) is 2.41. The third-order valence-electron chi connectivity index (χ3n) is 4.73. The Morgan fingerprint density at radius 1 is 0.733 bits per heavy atom. The Balaban J connectivity index is 2.06. The Bertz CT molecular complexity index is 986. The van der Waals surface area contributed by atoms with E-state index in [1.807, 2.05) is 0 Å². The second kappa shape index (κ2) is 7.70. The van der Waals surface area contributed by atoms with Crippen molar-refractivity contribution in [3.8, 4) is 34.5 Å². The largest absolute Gasteiger partial charge is 0.504 e. The number of benzene rings is 2. The van der Waals surface area contributed by atoms with Gasteiger partial charge in [-0.2, -0.15) is 0 Å². The Kier molecular flexibility index (Phi) is 5.29. The quantitative estimate of drug-likeness (QED) is 0.294. The van der Waals surface area contributed by atoms with Crippen LogP contribution in [0.4, 0.5) is 0 Å². The van der Waals surface area contributed by atoms with Gasteiger partial charge in [0.1, 0.15) is 0 Å². The molecule has 0 radical (unpaired) electrons. The molecule has 1 aliphatic carbocycles. The Labute approximate surface area is 169 Å². The molecule has 1 fully saturated rings. The standard InChI is InChI=1S/C21H18O9/c22-14-3-9(4-15(23)19(14)27)1-11-7-13(21(29)30)8-12(18(11)26)2-10-5-16(24)20(28)17(25)6-10/h1-6,13,22-25,27-28H,7-8H2,(H,29,30)/b11-1+,12-2+. The average molecular weight is 414 g/mol. The minimum Gasteiger partial charge on any atom is -0.504 e. The number of rotatable bonds is 3. The van der Waals surface area contributed by atoms with Crippen LogP contribution in [-0.4, -0.2) is 47.5 Å². The number of carbonyl (C=O) groups excluding carboxylic acids is 1. The van der Waals surface area contributed by atoms with Crippen LogP contribution in [0.2, 0.25) is 0 Å². The van der Waals surface area contributed by atoms with E-state index in [0.29, 0.717) is 0 Å². The highest BCUT2D eigenvalue weighted by atomic mass is 16.4. The van der Waals surface area contributed by atoms with Crippen molar-refractivity contribution < 1.29 is 45.3 Å². The molecule has 2 aromatic rings. The summed E-state index contributed by atoms with van der Waals surface area (Å²) in [6, 6.07) is 4.44. The zero-order valence-electron chi connectivity index (χ0n) is 15.4. The summed E-state index contributed by atoms with van der Waals surface area (Å²) in [5.74, 6) is -6.42. The summed E-state index contributed by atoms with van der Waals surface area (Å²) in [6.45, 7) is 0. The fourth-order valence-electron chi connectivity index (χ4n) is 3.24. The molecule has 3 rings (SSSR count). The van der Waals surface area contributed by atoms with Crippen LogP contribution in [0.1, 0.15) is 24.0 Å². The fourth-order valence-corrected chi connectivity index (χ4v) is 3.24. The number of carboxylic acids is 1. The van der Waals surface area contributed by atoms with Crippen LogP contribution in [0.3, 0.4) is 0 Å². The van der Waals surface area contributed by atoms with E-state index in [4.69, 9.17) is 0 Å². The lowest BCUT2D eigenvalue weighted by Gasteiger charge is -2.23. The van der Waals surface area contributed by atoms with Crippen LogP contribution >= 0.6 is 0 Å². The predicted molar refractivity (Wildman–Crippen MR) is 104 cm³/mol. The second-order valence-electron chi connectivity index (χ2n) is 6.93. The van der Waals surface area contributed by atoms with Gasteiger partial charge in [0.15, 0.2) is 40.3 Å². The van der Waals surface area contributed by atoms with E-state index in [-0.39, 0.29) is 35.1 Å². The third-order valence-corrected chi connectivity index (χ3v) is 4.73. The van der Waals surface area contributed by atoms with Gasteiger partial charge in [0, 0.05) is 11.1 Å². The van der Waals surface area contributed by atoms with Crippen molar-refractivity contribution in [3.63, 3.8) is 0 Å². The molecule has 0 unspecified atom stereocenters. The summed E-state index contributed by atoms with van der Waals surface area (Å²) in [4.78, 5) is 24.5. The first kappa shape index (κ1) is 20.6. The van der Waals surface area contributed by atoms with E-state index in [1.165, 1.54) is 12.2 Å². The van der Waals surface area contributed by atoms with Crippen LogP contribution in [0, 0.1) is 5.92 Å². The summed E-state index contributed by atoms with van der Waals surface area (Å²) < 4.78 is 0. The average Bonchev–Trinajstić information content (AvgIpc) is 2.66. The summed E-state index contributed by atoms with van der Waals surface area (Å²) >= 11 is 0. The number of aliphatic carboxylic acids is 1. The lowest BCUT2D eigenvalue weighted by molar-refractivity contribution is -0.142. The Hall–Kier alpha value is -4.14. The van der Waals surface area contributed by atoms with Crippen LogP contribution in [0.5, 0.6) is 34.5 Å². The molecular formula is C21H18O9. The lowest BCUT2D eigenvalue weighted by Crippen LogP contribution is -2.25. The van der Waals surface area contributed by atoms with Crippen molar-refractivity contribution >= 4 is 23.9 Å². The number of hydrogen-bond donors (Lipinski definition) is 7. The van der Waals surface area contributed by atoms with Gasteiger partial charge in [-0.1, -0.05) is 0 Å². The minimum atomic E-state index is -1.13. The van der Waals surface area contributed by atoms with Gasteiger partial charge in [-0.15, -0.1) is 0 Å². The topological polar surface area (TPSA) is 176 Å². The van der Waals surface area contributed by atoms with Gasteiger partial charge in [-0.05, 0) is 60.4 Å². The van der Waals surface area contributed by atoms with Crippen LogP contribution < -0.4 is 0 Å². The van der Waals surface area contributed by atoms with E-state index in [2.05, 4.69) is 0 Å². The molecule has 0 aliphatic heterocycles. The predicted octanol–water partition coefficient (Wildman–Crippen LogP) is 2.45. The van der Waals surface area contributed by atoms with Crippen molar-refractivity contribution in [2.45, 2.75) is 12.8 Å². The SMILES string of the molecule is O=C1/C(=C/c2cc(O)c(O)c(O)c2)CC(C(=O)O)C/C1=C\c1cc(O)c(O)c(O)c1. The molecule has 1 saturated carbocycles. The molecule has 0 spiro atoms. The highest BCUT2D eigenvalue weighted by Crippen LogP contribution is 2.39. The molecule has 9 nitrogen and oxygen atoms in total. The lowest BCUT2D eigenvalue weighted by atomic mass is 9.80. The van der Waals surface area contributed by atoms with Crippen molar-refractivity contribution in [2.24, 2.45) is 5.92 Å². The van der Waals surface area contributed by atoms with Crippen LogP contribution in [-0.2, 0) is 9.59 Å². The van der Waals surface area contributed by atoms with Crippen molar-refractivity contribution in [2.75, 3.05) is 0 Å². The van der Waals surface area contributed by atoms with E-state index in [0.717, 1.165) is 24.3 Å². The van der Waals surface area contributed by atoms with E-state index >= 15 is 0 Å². The molecule has 30 heavy (non-hydrogen) atoms. The highest BCUT2D eigenvalue weighted by Gasteiger charge is 2.32. The molecule has 0 bridgehead atoms. The summed E-state index contributed by atoms with van der Waals surface area (Å²) in [5, 5.41) is 66.9. The molecule has 0 atom stereocenters. The molecule has 156 valence electrons. The molecule has 0 amide bonds. The van der Waals surface area contributed by atoms with E-state index < -0.39 is 52.2 Å². The number of phenolic OH excluding ortho intramolecular Hbond substituents is 6.